The number of methoxy groups -OCH3 is 1. The number of benzene rings is 2. The van der Waals surface area contributed by atoms with Crippen LogP contribution in [0.1, 0.15) is 43.1 Å². The molecule has 2 N–H and O–H groups in total. The van der Waals surface area contributed by atoms with Crippen molar-refractivity contribution >= 4 is 39.6 Å². The zero-order valence-corrected chi connectivity index (χ0v) is 25.3. The van der Waals surface area contributed by atoms with Gasteiger partial charge < -0.3 is 24.7 Å². The lowest BCUT2D eigenvalue weighted by atomic mass is 10.1. The fraction of sp³-hybridized carbons (Fsp3) is 0.455. The van der Waals surface area contributed by atoms with Gasteiger partial charge in [0.05, 0.1) is 44.3 Å². The molecule has 10 nitrogen and oxygen atoms in total. The number of aryl methyl sites for hydroxylation is 2. The third kappa shape index (κ3) is 7.50. The number of nitrogen functional groups attached to an aromatic ring is 1. The first-order valence-electron chi connectivity index (χ1n) is 15.2. The van der Waals surface area contributed by atoms with E-state index in [0.29, 0.717) is 45.2 Å². The summed E-state index contributed by atoms with van der Waals surface area (Å²) in [5.41, 5.74) is 10.9. The number of carbonyl (C=O) groups excluding carboxylic acids is 2. The van der Waals surface area contributed by atoms with E-state index in [0.717, 1.165) is 77.7 Å². The maximum atomic E-state index is 13.7. The number of pyridine rings is 1. The molecule has 10 heteroatoms. The summed E-state index contributed by atoms with van der Waals surface area (Å²) in [4.78, 5) is 39.2. The molecule has 0 saturated carbocycles. The van der Waals surface area contributed by atoms with Crippen molar-refractivity contribution < 1.29 is 19.1 Å². The highest BCUT2D eigenvalue weighted by molar-refractivity contribution is 6.06. The third-order valence-corrected chi connectivity index (χ3v) is 8.01. The number of amides is 1. The van der Waals surface area contributed by atoms with Gasteiger partial charge in [-0.3, -0.25) is 14.5 Å². The summed E-state index contributed by atoms with van der Waals surface area (Å²) in [7, 11) is 1.39. The molecule has 0 spiro atoms. The van der Waals surface area contributed by atoms with Crippen LogP contribution < -0.4 is 5.73 Å². The number of aromatic nitrogens is 3. The topological polar surface area (TPSA) is 116 Å². The van der Waals surface area contributed by atoms with Crippen LogP contribution in [0.15, 0.2) is 48.5 Å². The van der Waals surface area contributed by atoms with Gasteiger partial charge in [-0.25, -0.2) is 9.97 Å². The number of morpholine rings is 1. The molecule has 0 atom stereocenters. The second kappa shape index (κ2) is 14.4. The van der Waals surface area contributed by atoms with E-state index in [-0.39, 0.29) is 18.3 Å². The summed E-state index contributed by atoms with van der Waals surface area (Å²) in [5, 5.41) is 1.03. The number of hydrogen-bond acceptors (Lipinski definition) is 8. The fourth-order valence-electron chi connectivity index (χ4n) is 5.73. The second-order valence-electron chi connectivity index (χ2n) is 11.1. The maximum Gasteiger partial charge on any atom is 0.309 e. The number of hydrogen-bond donors (Lipinski definition) is 1. The molecule has 43 heavy (non-hydrogen) atoms. The SMILES string of the molecule is CCCCc1nc2c(N)nc3ccccc3c2n1CCCN(Cc1cccc(CC(=O)OC)c1)C(=O)CN1CCOCC1. The summed E-state index contributed by atoms with van der Waals surface area (Å²) in [6.07, 6.45) is 3.90. The molecule has 0 radical (unpaired) electrons. The van der Waals surface area contributed by atoms with E-state index in [4.69, 9.17) is 20.2 Å². The van der Waals surface area contributed by atoms with E-state index in [1.165, 1.54) is 7.11 Å². The summed E-state index contributed by atoms with van der Waals surface area (Å²) >= 11 is 0. The van der Waals surface area contributed by atoms with E-state index >= 15 is 0 Å². The smallest absolute Gasteiger partial charge is 0.309 e. The number of anilines is 1. The minimum absolute atomic E-state index is 0.0841. The molecule has 0 bridgehead atoms. The Balaban J connectivity index is 1.39. The van der Waals surface area contributed by atoms with Crippen LogP contribution >= 0.6 is 0 Å². The number of nitrogens with zero attached hydrogens (tertiary/aromatic N) is 5. The number of imidazole rings is 1. The quantitative estimate of drug-likeness (QED) is 0.234. The van der Waals surface area contributed by atoms with Gasteiger partial charge in [0.1, 0.15) is 11.3 Å². The number of unbranched alkanes of at least 4 members (excludes halogenated alkanes) is 1. The third-order valence-electron chi connectivity index (χ3n) is 8.01. The monoisotopic (exact) mass is 586 g/mol. The first kappa shape index (κ1) is 30.4. The lowest BCUT2D eigenvalue weighted by Crippen LogP contribution is -2.45. The lowest BCUT2D eigenvalue weighted by molar-refractivity contribution is -0.139. The molecule has 1 saturated heterocycles. The van der Waals surface area contributed by atoms with Gasteiger partial charge in [0.15, 0.2) is 5.82 Å². The highest BCUT2D eigenvalue weighted by Gasteiger charge is 2.21. The minimum atomic E-state index is -0.285. The average molecular weight is 587 g/mol. The van der Waals surface area contributed by atoms with E-state index in [1.807, 2.05) is 47.4 Å². The van der Waals surface area contributed by atoms with Crippen molar-refractivity contribution in [3.05, 3.63) is 65.5 Å². The van der Waals surface area contributed by atoms with Crippen LogP contribution in [0.2, 0.25) is 0 Å². The van der Waals surface area contributed by atoms with Crippen molar-refractivity contribution in [2.45, 2.75) is 52.1 Å². The summed E-state index contributed by atoms with van der Waals surface area (Å²) in [5.74, 6) is 1.25. The molecular weight excluding hydrogens is 544 g/mol. The van der Waals surface area contributed by atoms with Crippen molar-refractivity contribution in [1.82, 2.24) is 24.3 Å². The van der Waals surface area contributed by atoms with Gasteiger partial charge in [-0.05, 0) is 30.0 Å². The zero-order chi connectivity index (χ0) is 30.2. The molecule has 5 rings (SSSR count). The molecule has 1 aliphatic rings. The molecule has 0 unspecified atom stereocenters. The summed E-state index contributed by atoms with van der Waals surface area (Å²) < 4.78 is 12.6. The normalized spacial score (nSPS) is 13.9. The standard InChI is InChI=1S/C33H42N6O4/c1-3-4-13-28-36-31-32(26-11-5-6-12-27(26)35-33(31)34)39(28)15-8-14-38(29(40)23-37-16-18-43-19-17-37)22-25-10-7-9-24(20-25)21-30(41)42-2/h5-7,9-12,20H,3-4,8,13-19,21-23H2,1-2H3,(H2,34,35). The van der Waals surface area contributed by atoms with E-state index < -0.39 is 0 Å². The Hall–Kier alpha value is -4.02. The predicted molar refractivity (Wildman–Crippen MR) is 168 cm³/mol. The van der Waals surface area contributed by atoms with E-state index in [2.05, 4.69) is 27.4 Å². The van der Waals surface area contributed by atoms with Crippen LogP contribution in [0.25, 0.3) is 21.9 Å². The van der Waals surface area contributed by atoms with Crippen LogP contribution in [-0.4, -0.2) is 82.7 Å². The van der Waals surface area contributed by atoms with Crippen molar-refractivity contribution in [2.75, 3.05) is 52.2 Å². The Kier molecular flexibility index (Phi) is 10.2. The molecule has 4 aromatic rings. The molecule has 1 fully saturated rings. The molecule has 1 aliphatic heterocycles. The van der Waals surface area contributed by atoms with E-state index in [9.17, 15) is 9.59 Å². The first-order chi connectivity index (χ1) is 21.0. The number of nitrogens with two attached hydrogens (primary N) is 1. The summed E-state index contributed by atoms with van der Waals surface area (Å²) in [6, 6.07) is 15.9. The first-order valence-corrected chi connectivity index (χ1v) is 15.2. The highest BCUT2D eigenvalue weighted by atomic mass is 16.5. The van der Waals surface area contributed by atoms with Gasteiger partial charge in [0.25, 0.3) is 0 Å². The summed E-state index contributed by atoms with van der Waals surface area (Å²) in [6.45, 7) is 7.06. The van der Waals surface area contributed by atoms with Crippen molar-refractivity contribution in [3.8, 4) is 0 Å². The minimum Gasteiger partial charge on any atom is -0.469 e. The Morgan fingerprint density at radius 1 is 1.05 bits per heavy atom. The molecule has 2 aromatic carbocycles. The van der Waals surface area contributed by atoms with Gasteiger partial charge in [0.2, 0.25) is 5.91 Å². The number of fused-ring (bicyclic) bond motifs is 3. The predicted octanol–water partition coefficient (Wildman–Crippen LogP) is 3.98. The molecule has 0 aliphatic carbocycles. The van der Waals surface area contributed by atoms with Gasteiger partial charge in [-0.1, -0.05) is 55.8 Å². The van der Waals surface area contributed by atoms with Gasteiger partial charge in [-0.15, -0.1) is 0 Å². The molecule has 2 aromatic heterocycles. The van der Waals surface area contributed by atoms with Crippen LogP contribution in [0.3, 0.4) is 0 Å². The lowest BCUT2D eigenvalue weighted by Gasteiger charge is -2.30. The second-order valence-corrected chi connectivity index (χ2v) is 11.1. The molecule has 228 valence electrons. The maximum absolute atomic E-state index is 13.7. The number of para-hydroxylation sites is 1. The van der Waals surface area contributed by atoms with Crippen molar-refractivity contribution in [3.63, 3.8) is 0 Å². The van der Waals surface area contributed by atoms with E-state index in [1.54, 1.807) is 0 Å². The van der Waals surface area contributed by atoms with Crippen LogP contribution in [0.4, 0.5) is 5.82 Å². The Bertz CT molecular complexity index is 1560. The highest BCUT2D eigenvalue weighted by Crippen LogP contribution is 2.29. The van der Waals surface area contributed by atoms with Crippen LogP contribution in [0.5, 0.6) is 0 Å². The Labute approximate surface area is 252 Å². The molecule has 1 amide bonds. The Morgan fingerprint density at radius 2 is 1.84 bits per heavy atom. The number of ether oxygens (including phenoxy) is 2. The zero-order valence-electron chi connectivity index (χ0n) is 25.3. The largest absolute Gasteiger partial charge is 0.469 e. The molecule has 3 heterocycles. The van der Waals surface area contributed by atoms with Gasteiger partial charge in [-0.2, -0.15) is 0 Å². The number of esters is 1. The van der Waals surface area contributed by atoms with Crippen molar-refractivity contribution in [1.29, 1.82) is 0 Å². The van der Waals surface area contributed by atoms with Gasteiger partial charge in [0, 0.05) is 44.5 Å². The fourth-order valence-corrected chi connectivity index (χ4v) is 5.73. The molecular formula is C33H42N6O4. The number of carbonyl (C=O) groups is 2. The Morgan fingerprint density at radius 3 is 2.63 bits per heavy atom. The number of rotatable bonds is 13. The van der Waals surface area contributed by atoms with Crippen molar-refractivity contribution in [2.24, 2.45) is 0 Å². The van der Waals surface area contributed by atoms with Gasteiger partial charge >= 0.3 is 5.97 Å². The van der Waals surface area contributed by atoms with Crippen LogP contribution in [0, 0.1) is 0 Å². The van der Waals surface area contributed by atoms with Crippen LogP contribution in [-0.2, 0) is 45.0 Å². The average Bonchev–Trinajstić information content (AvgIpc) is 3.39.